The van der Waals surface area contributed by atoms with Crippen molar-refractivity contribution in [1.29, 1.82) is 0 Å². The first-order chi connectivity index (χ1) is 13.8. The molecule has 7 heteroatoms. The maximum Gasteiger partial charge on any atom is 0.419 e. The van der Waals surface area contributed by atoms with E-state index in [1.54, 1.807) is 0 Å². The molecule has 3 nitrogen and oxygen atoms in total. The third kappa shape index (κ3) is 4.34. The Bertz CT molecular complexity index is 1030. The van der Waals surface area contributed by atoms with Crippen LogP contribution in [0.1, 0.15) is 29.7 Å². The molecule has 0 bridgehead atoms. The van der Waals surface area contributed by atoms with E-state index in [0.29, 0.717) is 19.4 Å². The quantitative estimate of drug-likeness (QED) is 0.578. The van der Waals surface area contributed by atoms with E-state index in [0.717, 1.165) is 28.6 Å². The van der Waals surface area contributed by atoms with Crippen molar-refractivity contribution in [3.05, 3.63) is 71.3 Å². The molecule has 1 aliphatic carbocycles. The number of halogens is 4. The summed E-state index contributed by atoms with van der Waals surface area (Å²) in [7, 11) is 0. The number of benzene rings is 2. The van der Waals surface area contributed by atoms with Gasteiger partial charge in [-0.2, -0.15) is 13.2 Å². The second-order valence-electron chi connectivity index (χ2n) is 7.39. The topological polar surface area (TPSA) is 34.1 Å². The molecule has 0 amide bonds. The lowest BCUT2D eigenvalue weighted by Crippen LogP contribution is -2.46. The molecule has 1 aromatic heterocycles. The monoisotopic (exact) mass is 404 g/mol. The van der Waals surface area contributed by atoms with Crippen LogP contribution in [0.25, 0.3) is 10.8 Å². The second-order valence-corrected chi connectivity index (χ2v) is 7.39. The van der Waals surface area contributed by atoms with E-state index in [9.17, 15) is 17.6 Å². The van der Waals surface area contributed by atoms with E-state index in [1.807, 2.05) is 25.3 Å². The number of nitrogens with zero attached hydrogens (tertiary/aromatic N) is 1. The van der Waals surface area contributed by atoms with E-state index < -0.39 is 17.6 Å². The summed E-state index contributed by atoms with van der Waals surface area (Å²) in [6.45, 7) is 2.64. The highest BCUT2D eigenvalue weighted by Crippen LogP contribution is 2.35. The van der Waals surface area contributed by atoms with Gasteiger partial charge >= 0.3 is 6.18 Å². The molecular formula is C22H20F4N2O. The predicted molar refractivity (Wildman–Crippen MR) is 102 cm³/mol. The zero-order valence-corrected chi connectivity index (χ0v) is 15.8. The summed E-state index contributed by atoms with van der Waals surface area (Å²) in [6.07, 6.45) is -1.69. The number of aryl methyl sites for hydroxylation is 1. The molecule has 0 atom stereocenters. The molecule has 3 aromatic rings. The van der Waals surface area contributed by atoms with Crippen LogP contribution in [0.15, 0.2) is 48.7 Å². The number of alkyl halides is 3. The normalized spacial score (nSPS) is 19.2. The molecule has 2 aromatic carbocycles. The Morgan fingerprint density at radius 2 is 1.93 bits per heavy atom. The van der Waals surface area contributed by atoms with Gasteiger partial charge in [-0.1, -0.05) is 18.2 Å². The molecule has 0 spiro atoms. The highest BCUT2D eigenvalue weighted by Gasteiger charge is 2.35. The number of hydrogen-bond donors (Lipinski definition) is 1. The number of hydrogen-bond acceptors (Lipinski definition) is 3. The minimum Gasteiger partial charge on any atom is -0.490 e. The Morgan fingerprint density at radius 3 is 2.69 bits per heavy atom. The SMILES string of the molecule is Cc1cc2c(CNC3CC(Oc4ccc(F)c(C(F)(F)F)c4)C3)cccc2cn1. The molecular weight excluding hydrogens is 384 g/mol. The molecule has 0 unspecified atom stereocenters. The molecule has 152 valence electrons. The lowest BCUT2D eigenvalue weighted by atomic mass is 9.89. The first-order valence-corrected chi connectivity index (χ1v) is 9.40. The van der Waals surface area contributed by atoms with Crippen molar-refractivity contribution in [2.45, 2.75) is 44.6 Å². The third-order valence-corrected chi connectivity index (χ3v) is 5.21. The number of fused-ring (bicyclic) bond motifs is 1. The van der Waals surface area contributed by atoms with Gasteiger partial charge in [0.1, 0.15) is 17.7 Å². The van der Waals surface area contributed by atoms with Crippen LogP contribution in [-0.4, -0.2) is 17.1 Å². The lowest BCUT2D eigenvalue weighted by Gasteiger charge is -2.36. The van der Waals surface area contributed by atoms with Gasteiger partial charge in [0.25, 0.3) is 0 Å². The summed E-state index contributed by atoms with van der Waals surface area (Å²) in [5.74, 6) is -1.25. The van der Waals surface area contributed by atoms with E-state index in [-0.39, 0.29) is 17.9 Å². The van der Waals surface area contributed by atoms with Crippen LogP contribution in [0.2, 0.25) is 0 Å². The molecule has 29 heavy (non-hydrogen) atoms. The summed E-state index contributed by atoms with van der Waals surface area (Å²) in [5.41, 5.74) is 0.829. The largest absolute Gasteiger partial charge is 0.490 e. The predicted octanol–water partition coefficient (Wildman–Crippen LogP) is 5.40. The fourth-order valence-electron chi connectivity index (χ4n) is 3.56. The number of ether oxygens (including phenoxy) is 1. The summed E-state index contributed by atoms with van der Waals surface area (Å²) in [4.78, 5) is 4.32. The Kier molecular flexibility index (Phi) is 5.17. The smallest absolute Gasteiger partial charge is 0.419 e. The Hall–Kier alpha value is -2.67. The van der Waals surface area contributed by atoms with Gasteiger partial charge in [0.15, 0.2) is 0 Å². The van der Waals surface area contributed by atoms with Crippen LogP contribution in [0.4, 0.5) is 17.6 Å². The van der Waals surface area contributed by atoms with Crippen LogP contribution in [0.3, 0.4) is 0 Å². The van der Waals surface area contributed by atoms with Crippen LogP contribution in [0.5, 0.6) is 5.75 Å². The fraction of sp³-hybridized carbons (Fsp3) is 0.318. The standard InChI is InChI=1S/C22H20F4N2O/c1-13-7-19-14(11-27-13)3-2-4-15(19)12-28-16-8-18(9-16)29-17-5-6-21(23)20(10-17)22(24,25)26/h2-7,10-11,16,18,28H,8-9,12H2,1H3. The average Bonchev–Trinajstić information content (AvgIpc) is 2.64. The number of aromatic nitrogens is 1. The minimum absolute atomic E-state index is 0.0409. The molecule has 4 rings (SSSR count). The fourth-order valence-corrected chi connectivity index (χ4v) is 3.56. The first-order valence-electron chi connectivity index (χ1n) is 9.40. The van der Waals surface area contributed by atoms with Crippen molar-refractivity contribution < 1.29 is 22.3 Å². The zero-order chi connectivity index (χ0) is 20.6. The van der Waals surface area contributed by atoms with Gasteiger partial charge in [0.05, 0.1) is 5.56 Å². The first kappa shape index (κ1) is 19.6. The van der Waals surface area contributed by atoms with Crippen LogP contribution < -0.4 is 10.1 Å². The molecule has 0 saturated heterocycles. The summed E-state index contributed by atoms with van der Waals surface area (Å²) >= 11 is 0. The Morgan fingerprint density at radius 1 is 1.14 bits per heavy atom. The maximum absolute atomic E-state index is 13.4. The van der Waals surface area contributed by atoms with Crippen molar-refractivity contribution in [2.75, 3.05) is 0 Å². The number of nitrogens with one attached hydrogen (secondary N) is 1. The van der Waals surface area contributed by atoms with Gasteiger partial charge in [0, 0.05) is 29.9 Å². The van der Waals surface area contributed by atoms with Crippen molar-refractivity contribution in [3.63, 3.8) is 0 Å². The van der Waals surface area contributed by atoms with Gasteiger partial charge in [-0.15, -0.1) is 0 Å². The van der Waals surface area contributed by atoms with Crippen molar-refractivity contribution >= 4 is 10.8 Å². The minimum atomic E-state index is -4.74. The van der Waals surface area contributed by atoms with Gasteiger partial charge in [-0.3, -0.25) is 4.98 Å². The molecule has 1 aliphatic rings. The molecule has 0 radical (unpaired) electrons. The number of rotatable bonds is 5. The van der Waals surface area contributed by atoms with Crippen molar-refractivity contribution in [1.82, 2.24) is 10.3 Å². The molecule has 1 heterocycles. The molecule has 1 N–H and O–H groups in total. The Labute approximate surface area is 165 Å². The number of pyridine rings is 1. The van der Waals surface area contributed by atoms with Gasteiger partial charge in [-0.05, 0) is 55.0 Å². The van der Waals surface area contributed by atoms with E-state index in [2.05, 4.69) is 22.4 Å². The highest BCUT2D eigenvalue weighted by molar-refractivity contribution is 5.85. The van der Waals surface area contributed by atoms with Gasteiger partial charge in [-0.25, -0.2) is 4.39 Å². The molecule has 1 fully saturated rings. The lowest BCUT2D eigenvalue weighted by molar-refractivity contribution is -0.140. The van der Waals surface area contributed by atoms with Gasteiger partial charge in [0.2, 0.25) is 0 Å². The van der Waals surface area contributed by atoms with Crippen molar-refractivity contribution in [3.8, 4) is 5.75 Å². The van der Waals surface area contributed by atoms with Crippen LogP contribution >= 0.6 is 0 Å². The average molecular weight is 404 g/mol. The van der Waals surface area contributed by atoms with Gasteiger partial charge < -0.3 is 10.1 Å². The van der Waals surface area contributed by atoms with Crippen molar-refractivity contribution in [2.24, 2.45) is 0 Å². The van der Waals surface area contributed by atoms with Crippen LogP contribution in [0, 0.1) is 12.7 Å². The van der Waals surface area contributed by atoms with E-state index in [1.165, 1.54) is 11.6 Å². The third-order valence-electron chi connectivity index (χ3n) is 5.21. The van der Waals surface area contributed by atoms with E-state index >= 15 is 0 Å². The molecule has 0 aliphatic heterocycles. The van der Waals surface area contributed by atoms with Crippen LogP contribution in [-0.2, 0) is 12.7 Å². The highest BCUT2D eigenvalue weighted by atomic mass is 19.4. The van der Waals surface area contributed by atoms with E-state index in [4.69, 9.17) is 4.74 Å². The maximum atomic E-state index is 13.4. The summed E-state index contributed by atoms with van der Waals surface area (Å²) in [5, 5.41) is 5.71. The Balaban J connectivity index is 1.33. The summed E-state index contributed by atoms with van der Waals surface area (Å²) in [6, 6.07) is 11.1. The zero-order valence-electron chi connectivity index (χ0n) is 15.8. The molecule has 1 saturated carbocycles. The summed E-state index contributed by atoms with van der Waals surface area (Å²) < 4.78 is 57.4. The second kappa shape index (κ2) is 7.63.